The molecule has 0 saturated carbocycles. The van der Waals surface area contributed by atoms with Crippen molar-refractivity contribution in [3.63, 3.8) is 0 Å². The van der Waals surface area contributed by atoms with Gasteiger partial charge in [-0.2, -0.15) is 5.10 Å². The van der Waals surface area contributed by atoms with Crippen molar-refractivity contribution < 1.29 is 4.42 Å². The van der Waals surface area contributed by atoms with Crippen molar-refractivity contribution >= 4 is 11.0 Å². The minimum atomic E-state index is 0.843. The summed E-state index contributed by atoms with van der Waals surface area (Å²) in [5.74, 6) is 0. The summed E-state index contributed by atoms with van der Waals surface area (Å²) in [6.07, 6.45) is 6.71. The van der Waals surface area contributed by atoms with Crippen molar-refractivity contribution in [2.24, 2.45) is 0 Å². The van der Waals surface area contributed by atoms with Crippen LogP contribution in [0.4, 0.5) is 0 Å². The van der Waals surface area contributed by atoms with Gasteiger partial charge < -0.3 is 9.73 Å². The fourth-order valence-electron chi connectivity index (χ4n) is 2.19. The smallest absolute Gasteiger partial charge is 0.134 e. The minimum Gasteiger partial charge on any atom is -0.464 e. The zero-order valence-electron chi connectivity index (χ0n) is 10.7. The van der Waals surface area contributed by atoms with E-state index in [9.17, 15) is 0 Å². The molecule has 0 radical (unpaired) electrons. The van der Waals surface area contributed by atoms with Crippen LogP contribution in [0.1, 0.15) is 12.0 Å². The second-order valence-corrected chi connectivity index (χ2v) is 4.56. The fourth-order valence-corrected chi connectivity index (χ4v) is 2.19. The molecule has 0 fully saturated rings. The molecule has 4 nitrogen and oxygen atoms in total. The van der Waals surface area contributed by atoms with Crippen LogP contribution in [0.5, 0.6) is 0 Å². The number of benzene rings is 1. The zero-order chi connectivity index (χ0) is 12.9. The van der Waals surface area contributed by atoms with Gasteiger partial charge in [0.2, 0.25) is 0 Å². The first-order valence-corrected chi connectivity index (χ1v) is 6.57. The average Bonchev–Trinajstić information content (AvgIpc) is 3.08. The molecule has 0 aliphatic heterocycles. The summed E-state index contributed by atoms with van der Waals surface area (Å²) in [4.78, 5) is 0. The molecule has 0 aliphatic rings. The van der Waals surface area contributed by atoms with Gasteiger partial charge in [0.05, 0.1) is 6.26 Å². The molecule has 3 rings (SSSR count). The van der Waals surface area contributed by atoms with E-state index in [-0.39, 0.29) is 0 Å². The molecule has 0 atom stereocenters. The van der Waals surface area contributed by atoms with Gasteiger partial charge in [-0.1, -0.05) is 18.2 Å². The van der Waals surface area contributed by atoms with Gasteiger partial charge in [0, 0.05) is 36.4 Å². The normalized spacial score (nSPS) is 11.2. The lowest BCUT2D eigenvalue weighted by atomic mass is 10.2. The second-order valence-electron chi connectivity index (χ2n) is 4.56. The van der Waals surface area contributed by atoms with E-state index in [4.69, 9.17) is 4.42 Å². The first-order chi connectivity index (χ1) is 9.43. The lowest BCUT2D eigenvalue weighted by Crippen LogP contribution is -2.16. The van der Waals surface area contributed by atoms with Crippen LogP contribution in [0, 0.1) is 0 Å². The monoisotopic (exact) mass is 255 g/mol. The number of fused-ring (bicyclic) bond motifs is 1. The Morgan fingerprint density at radius 2 is 2.16 bits per heavy atom. The van der Waals surface area contributed by atoms with Gasteiger partial charge >= 0.3 is 0 Å². The van der Waals surface area contributed by atoms with Gasteiger partial charge in [-0.15, -0.1) is 0 Å². The van der Waals surface area contributed by atoms with Crippen molar-refractivity contribution in [1.82, 2.24) is 15.1 Å². The Morgan fingerprint density at radius 3 is 3.05 bits per heavy atom. The number of nitrogens with zero attached hydrogens (tertiary/aromatic N) is 2. The molecule has 0 spiro atoms. The predicted molar refractivity (Wildman–Crippen MR) is 74.8 cm³/mol. The molecule has 4 heteroatoms. The van der Waals surface area contributed by atoms with E-state index in [1.54, 1.807) is 0 Å². The number of furan rings is 1. The maximum absolute atomic E-state index is 5.51. The summed E-state index contributed by atoms with van der Waals surface area (Å²) in [5, 5.41) is 8.82. The van der Waals surface area contributed by atoms with Crippen LogP contribution in [0.3, 0.4) is 0 Å². The molecule has 1 N–H and O–H groups in total. The first kappa shape index (κ1) is 12.0. The van der Waals surface area contributed by atoms with Crippen molar-refractivity contribution in [3.05, 3.63) is 54.6 Å². The van der Waals surface area contributed by atoms with E-state index in [0.717, 1.165) is 31.6 Å². The standard InChI is InChI=1S/C15H17N3O/c1-2-6-15-14(5-1)13(12-19-15)11-16-7-3-9-18-10-4-8-17-18/h1-2,4-6,8,10,12,16H,3,7,9,11H2. The maximum Gasteiger partial charge on any atom is 0.134 e. The van der Waals surface area contributed by atoms with Crippen LogP contribution in [0.2, 0.25) is 0 Å². The van der Waals surface area contributed by atoms with Crippen LogP contribution in [0.25, 0.3) is 11.0 Å². The summed E-state index contributed by atoms with van der Waals surface area (Å²) in [6.45, 7) is 2.77. The maximum atomic E-state index is 5.51. The minimum absolute atomic E-state index is 0.843. The highest BCUT2D eigenvalue weighted by molar-refractivity contribution is 5.80. The van der Waals surface area contributed by atoms with Crippen LogP contribution in [-0.2, 0) is 13.1 Å². The lowest BCUT2D eigenvalue weighted by molar-refractivity contribution is 0.540. The van der Waals surface area contributed by atoms with Crippen LogP contribution >= 0.6 is 0 Å². The Kier molecular flexibility index (Phi) is 3.61. The summed E-state index contributed by atoms with van der Waals surface area (Å²) in [5.41, 5.74) is 2.17. The Labute approximate surface area is 112 Å². The third-order valence-corrected chi connectivity index (χ3v) is 3.18. The van der Waals surface area contributed by atoms with Gasteiger partial charge in [0.15, 0.2) is 0 Å². The number of para-hydroxylation sites is 1. The van der Waals surface area contributed by atoms with Crippen LogP contribution in [-0.4, -0.2) is 16.3 Å². The highest BCUT2D eigenvalue weighted by Gasteiger charge is 2.03. The summed E-state index contributed by atoms with van der Waals surface area (Å²) < 4.78 is 7.46. The summed E-state index contributed by atoms with van der Waals surface area (Å²) in [7, 11) is 0. The topological polar surface area (TPSA) is 43.0 Å². The number of aromatic nitrogens is 2. The highest BCUT2D eigenvalue weighted by Crippen LogP contribution is 2.20. The van der Waals surface area contributed by atoms with Gasteiger partial charge in [0.1, 0.15) is 5.58 Å². The lowest BCUT2D eigenvalue weighted by Gasteiger charge is -2.04. The highest BCUT2D eigenvalue weighted by atomic mass is 16.3. The molecular weight excluding hydrogens is 238 g/mol. The van der Waals surface area contributed by atoms with E-state index in [1.807, 2.05) is 47.6 Å². The van der Waals surface area contributed by atoms with E-state index in [1.165, 1.54) is 10.9 Å². The largest absolute Gasteiger partial charge is 0.464 e. The molecule has 0 saturated heterocycles. The SMILES string of the molecule is c1ccc2c(CNCCCn3cccn3)coc2c1. The molecule has 3 aromatic rings. The third-order valence-electron chi connectivity index (χ3n) is 3.18. The summed E-state index contributed by atoms with van der Waals surface area (Å²) in [6, 6.07) is 10.1. The van der Waals surface area contributed by atoms with Crippen molar-refractivity contribution in [3.8, 4) is 0 Å². The first-order valence-electron chi connectivity index (χ1n) is 6.57. The van der Waals surface area contributed by atoms with Gasteiger partial charge in [-0.3, -0.25) is 4.68 Å². The predicted octanol–water partition coefficient (Wildman–Crippen LogP) is 2.81. The number of hydrogen-bond acceptors (Lipinski definition) is 3. The van der Waals surface area contributed by atoms with E-state index >= 15 is 0 Å². The Bertz CT molecular complexity index is 628. The van der Waals surface area contributed by atoms with E-state index in [0.29, 0.717) is 0 Å². The average molecular weight is 255 g/mol. The van der Waals surface area contributed by atoms with Gasteiger partial charge in [-0.25, -0.2) is 0 Å². The van der Waals surface area contributed by atoms with E-state index < -0.39 is 0 Å². The number of nitrogens with one attached hydrogen (secondary N) is 1. The number of hydrogen-bond donors (Lipinski definition) is 1. The van der Waals surface area contributed by atoms with Crippen molar-refractivity contribution in [2.45, 2.75) is 19.5 Å². The molecule has 0 unspecified atom stereocenters. The molecule has 2 heterocycles. The quantitative estimate of drug-likeness (QED) is 0.689. The molecule has 0 aliphatic carbocycles. The third kappa shape index (κ3) is 2.85. The Morgan fingerprint density at radius 1 is 1.21 bits per heavy atom. The molecule has 0 bridgehead atoms. The number of rotatable bonds is 6. The van der Waals surface area contributed by atoms with Crippen LogP contribution in [0.15, 0.2) is 53.4 Å². The molecule has 1 aromatic carbocycles. The second kappa shape index (κ2) is 5.71. The fraction of sp³-hybridized carbons (Fsp3) is 0.267. The van der Waals surface area contributed by atoms with E-state index in [2.05, 4.69) is 16.5 Å². The van der Waals surface area contributed by atoms with Crippen LogP contribution < -0.4 is 5.32 Å². The molecule has 19 heavy (non-hydrogen) atoms. The number of aryl methyl sites for hydroxylation is 1. The molecule has 98 valence electrons. The molecule has 2 aromatic heterocycles. The molecule has 0 amide bonds. The zero-order valence-corrected chi connectivity index (χ0v) is 10.7. The van der Waals surface area contributed by atoms with Crippen molar-refractivity contribution in [1.29, 1.82) is 0 Å². The van der Waals surface area contributed by atoms with Gasteiger partial charge in [0.25, 0.3) is 0 Å². The Balaban J connectivity index is 1.47. The van der Waals surface area contributed by atoms with Gasteiger partial charge in [-0.05, 0) is 25.1 Å². The summed E-state index contributed by atoms with van der Waals surface area (Å²) >= 11 is 0. The van der Waals surface area contributed by atoms with Crippen molar-refractivity contribution in [2.75, 3.05) is 6.54 Å². The molecular formula is C15H17N3O. The Hall–Kier alpha value is -2.07.